The number of piperidine rings is 1. The van der Waals surface area contributed by atoms with Gasteiger partial charge in [0, 0.05) is 10.8 Å². The normalized spacial score (nSPS) is 19.5. The molecule has 2 aromatic rings. The van der Waals surface area contributed by atoms with Gasteiger partial charge in [0.15, 0.2) is 0 Å². The third-order valence-electron chi connectivity index (χ3n) is 4.39. The van der Waals surface area contributed by atoms with Crippen LogP contribution in [0.5, 0.6) is 0 Å². The van der Waals surface area contributed by atoms with E-state index >= 15 is 0 Å². The van der Waals surface area contributed by atoms with Crippen LogP contribution in [-0.2, 0) is 6.42 Å². The zero-order valence-corrected chi connectivity index (χ0v) is 13.7. The largest absolute Gasteiger partial charge is 0.316 e. The molecular weight excluding hydrogens is 274 g/mol. The van der Waals surface area contributed by atoms with E-state index in [9.17, 15) is 4.79 Å². The van der Waals surface area contributed by atoms with Crippen LogP contribution in [0.1, 0.15) is 44.0 Å². The van der Waals surface area contributed by atoms with Gasteiger partial charge in [-0.05, 0) is 56.0 Å². The number of carbonyl (C=O) groups is 1. The van der Waals surface area contributed by atoms with Crippen LogP contribution in [0.15, 0.2) is 24.4 Å². The number of fused-ring (bicyclic) bond motifs is 1. The molecule has 0 saturated carbocycles. The van der Waals surface area contributed by atoms with Crippen LogP contribution in [-0.4, -0.2) is 28.8 Å². The summed E-state index contributed by atoms with van der Waals surface area (Å²) in [6.07, 6.45) is 5.47. The molecule has 1 aliphatic heterocycles. The molecule has 4 nitrogen and oxygen atoms in total. The number of aromatic nitrogens is 2. The molecule has 3 rings (SSSR count). The topological polar surface area (TPSA) is 46.9 Å². The van der Waals surface area contributed by atoms with Crippen LogP contribution < -0.4 is 5.32 Å². The first-order chi connectivity index (χ1) is 10.4. The molecule has 0 spiro atoms. The van der Waals surface area contributed by atoms with Gasteiger partial charge in [0.05, 0.1) is 11.7 Å². The average Bonchev–Trinajstić information content (AvgIpc) is 2.89. The van der Waals surface area contributed by atoms with E-state index in [0.717, 1.165) is 36.3 Å². The van der Waals surface area contributed by atoms with Crippen LogP contribution >= 0.6 is 0 Å². The summed E-state index contributed by atoms with van der Waals surface area (Å²) in [6, 6.07) is 6.37. The van der Waals surface area contributed by atoms with Crippen molar-refractivity contribution in [3.63, 3.8) is 0 Å². The van der Waals surface area contributed by atoms with E-state index in [-0.39, 0.29) is 5.91 Å². The minimum absolute atomic E-state index is 0.0340. The van der Waals surface area contributed by atoms with E-state index in [1.807, 2.05) is 33.0 Å². The number of nitrogens with one attached hydrogen (secondary N) is 1. The molecule has 1 saturated heterocycles. The van der Waals surface area contributed by atoms with Gasteiger partial charge >= 0.3 is 0 Å². The van der Waals surface area contributed by atoms with Crippen molar-refractivity contribution in [1.82, 2.24) is 15.1 Å². The van der Waals surface area contributed by atoms with Gasteiger partial charge < -0.3 is 5.32 Å². The van der Waals surface area contributed by atoms with Gasteiger partial charge in [0.2, 0.25) is 0 Å². The first-order valence-electron chi connectivity index (χ1n) is 8.17. The molecule has 2 heterocycles. The molecule has 1 N–H and O–H groups in total. The summed E-state index contributed by atoms with van der Waals surface area (Å²) in [7, 11) is 0. The SMILES string of the molecule is CC(C)(C)C(=O)n1ncc2cc(CC3CCCNC3)ccc21. The van der Waals surface area contributed by atoms with E-state index in [1.165, 1.54) is 18.4 Å². The maximum atomic E-state index is 12.4. The zero-order chi connectivity index (χ0) is 15.7. The molecule has 1 fully saturated rings. The minimum Gasteiger partial charge on any atom is -0.316 e. The Labute approximate surface area is 131 Å². The van der Waals surface area contributed by atoms with E-state index in [2.05, 4.69) is 22.5 Å². The third-order valence-corrected chi connectivity index (χ3v) is 4.39. The summed E-state index contributed by atoms with van der Waals surface area (Å²) in [6.45, 7) is 8.03. The fraction of sp³-hybridized carbons (Fsp3) is 0.556. The Bertz CT molecular complexity index is 675. The van der Waals surface area contributed by atoms with Crippen LogP contribution in [0.2, 0.25) is 0 Å². The van der Waals surface area contributed by atoms with E-state index in [1.54, 1.807) is 4.68 Å². The van der Waals surface area contributed by atoms with Crippen LogP contribution in [0.25, 0.3) is 10.9 Å². The highest BCUT2D eigenvalue weighted by molar-refractivity contribution is 5.93. The molecule has 1 aromatic carbocycles. The predicted molar refractivity (Wildman–Crippen MR) is 89.1 cm³/mol. The molecule has 1 atom stereocenters. The number of benzene rings is 1. The van der Waals surface area contributed by atoms with Crippen LogP contribution in [0.3, 0.4) is 0 Å². The highest BCUT2D eigenvalue weighted by Crippen LogP contribution is 2.23. The minimum atomic E-state index is -0.425. The molecule has 1 aromatic heterocycles. The van der Waals surface area contributed by atoms with Crippen molar-refractivity contribution in [2.45, 2.75) is 40.0 Å². The summed E-state index contributed by atoms with van der Waals surface area (Å²) < 4.78 is 1.54. The van der Waals surface area contributed by atoms with Gasteiger partial charge in [-0.25, -0.2) is 0 Å². The van der Waals surface area contributed by atoms with Crippen molar-refractivity contribution < 1.29 is 4.79 Å². The van der Waals surface area contributed by atoms with Gasteiger partial charge in [-0.2, -0.15) is 9.78 Å². The number of carbonyl (C=O) groups excluding carboxylic acids is 1. The molecule has 0 aliphatic carbocycles. The fourth-order valence-corrected chi connectivity index (χ4v) is 3.12. The second-order valence-electron chi connectivity index (χ2n) is 7.42. The lowest BCUT2D eigenvalue weighted by atomic mass is 9.92. The van der Waals surface area contributed by atoms with E-state index in [0.29, 0.717) is 0 Å². The zero-order valence-electron chi connectivity index (χ0n) is 13.7. The van der Waals surface area contributed by atoms with Crippen LogP contribution in [0.4, 0.5) is 0 Å². The van der Waals surface area contributed by atoms with Gasteiger partial charge in [-0.1, -0.05) is 26.8 Å². The van der Waals surface area contributed by atoms with Gasteiger partial charge in [0.25, 0.3) is 5.91 Å². The molecule has 0 amide bonds. The Kier molecular flexibility index (Phi) is 4.04. The average molecular weight is 299 g/mol. The highest BCUT2D eigenvalue weighted by atomic mass is 16.2. The Morgan fingerprint density at radius 2 is 2.23 bits per heavy atom. The molecule has 22 heavy (non-hydrogen) atoms. The van der Waals surface area contributed by atoms with E-state index < -0.39 is 5.41 Å². The molecule has 1 aliphatic rings. The maximum absolute atomic E-state index is 12.4. The van der Waals surface area contributed by atoms with Crippen molar-refractivity contribution in [3.05, 3.63) is 30.0 Å². The number of rotatable bonds is 2. The lowest BCUT2D eigenvalue weighted by molar-refractivity contribution is 0.0755. The predicted octanol–water partition coefficient (Wildman–Crippen LogP) is 3.26. The molecule has 4 heteroatoms. The lowest BCUT2D eigenvalue weighted by Gasteiger charge is -2.22. The Balaban J connectivity index is 1.84. The number of hydrogen-bond donors (Lipinski definition) is 1. The Morgan fingerprint density at radius 3 is 2.91 bits per heavy atom. The monoisotopic (exact) mass is 299 g/mol. The highest BCUT2D eigenvalue weighted by Gasteiger charge is 2.25. The van der Waals surface area contributed by atoms with Gasteiger partial charge in [0.1, 0.15) is 0 Å². The van der Waals surface area contributed by atoms with Crippen molar-refractivity contribution in [1.29, 1.82) is 0 Å². The maximum Gasteiger partial charge on any atom is 0.252 e. The molecule has 118 valence electrons. The Hall–Kier alpha value is -1.68. The van der Waals surface area contributed by atoms with Gasteiger partial charge in [-0.3, -0.25) is 4.79 Å². The second kappa shape index (κ2) is 5.84. The smallest absolute Gasteiger partial charge is 0.252 e. The summed E-state index contributed by atoms with van der Waals surface area (Å²) >= 11 is 0. The summed E-state index contributed by atoms with van der Waals surface area (Å²) in [5.41, 5.74) is 1.82. The van der Waals surface area contributed by atoms with Crippen molar-refractivity contribution in [2.24, 2.45) is 11.3 Å². The number of hydrogen-bond acceptors (Lipinski definition) is 3. The summed E-state index contributed by atoms with van der Waals surface area (Å²) in [5, 5.41) is 8.83. The van der Waals surface area contributed by atoms with Crippen molar-refractivity contribution in [2.75, 3.05) is 13.1 Å². The lowest BCUT2D eigenvalue weighted by Crippen LogP contribution is -2.30. The van der Waals surface area contributed by atoms with E-state index in [4.69, 9.17) is 0 Å². The molecular formula is C18H25N3O. The quantitative estimate of drug-likeness (QED) is 0.926. The third kappa shape index (κ3) is 3.07. The first-order valence-corrected chi connectivity index (χ1v) is 8.17. The number of nitrogens with zero attached hydrogens (tertiary/aromatic N) is 2. The van der Waals surface area contributed by atoms with Crippen LogP contribution in [0, 0.1) is 11.3 Å². The standard InChI is InChI=1S/C18H25N3O/c1-18(2,3)17(22)21-16-7-6-13(10-15(16)12-20-21)9-14-5-4-8-19-11-14/h6-7,10,12,14,19H,4-5,8-9,11H2,1-3H3. The summed E-state index contributed by atoms with van der Waals surface area (Å²) in [5.74, 6) is 0.754. The summed E-state index contributed by atoms with van der Waals surface area (Å²) in [4.78, 5) is 12.4. The van der Waals surface area contributed by atoms with Crippen molar-refractivity contribution >= 4 is 16.8 Å². The first kappa shape index (κ1) is 15.2. The van der Waals surface area contributed by atoms with Gasteiger partial charge in [-0.15, -0.1) is 0 Å². The molecule has 1 unspecified atom stereocenters. The fourth-order valence-electron chi connectivity index (χ4n) is 3.12. The molecule has 0 bridgehead atoms. The second-order valence-corrected chi connectivity index (χ2v) is 7.42. The Morgan fingerprint density at radius 1 is 1.41 bits per heavy atom. The molecule has 0 radical (unpaired) electrons. The van der Waals surface area contributed by atoms with Crippen molar-refractivity contribution in [3.8, 4) is 0 Å².